The quantitative estimate of drug-likeness (QED) is 0.721. The topological polar surface area (TPSA) is 61.8 Å². The highest BCUT2D eigenvalue weighted by Crippen LogP contribution is 2.61. The number of cyclic esters (lactones) is 1. The Labute approximate surface area is 118 Å². The van der Waals surface area contributed by atoms with E-state index in [9.17, 15) is 9.59 Å². The van der Waals surface area contributed by atoms with Crippen molar-refractivity contribution in [1.82, 2.24) is 0 Å². The van der Waals surface area contributed by atoms with Gasteiger partial charge in [-0.05, 0) is 40.5 Å². The molecule has 0 amide bonds. The first kappa shape index (κ1) is 13.9. The number of hydrogen-bond donors (Lipinski definition) is 0. The molecule has 0 aromatic carbocycles. The summed E-state index contributed by atoms with van der Waals surface area (Å²) in [5.74, 6) is -0.414. The zero-order valence-corrected chi connectivity index (χ0v) is 12.5. The number of esters is 2. The number of fused-ring (bicyclic) bond motifs is 5. The predicted molar refractivity (Wildman–Crippen MR) is 69.8 cm³/mol. The van der Waals surface area contributed by atoms with Crippen molar-refractivity contribution in [2.45, 2.75) is 52.2 Å². The van der Waals surface area contributed by atoms with Gasteiger partial charge in [-0.2, -0.15) is 0 Å². The first-order chi connectivity index (χ1) is 9.20. The molecule has 0 aromatic rings. The maximum Gasteiger partial charge on any atom is 0.314 e. The number of hydrogen-bond acceptors (Lipinski definition) is 5. The van der Waals surface area contributed by atoms with E-state index in [1.165, 1.54) is 0 Å². The van der Waals surface area contributed by atoms with Crippen LogP contribution in [0.15, 0.2) is 0 Å². The molecule has 5 nitrogen and oxygen atoms in total. The van der Waals surface area contributed by atoms with Crippen molar-refractivity contribution in [3.05, 3.63) is 0 Å². The normalized spacial score (nSPS) is 42.5. The first-order valence-corrected chi connectivity index (χ1v) is 7.22. The van der Waals surface area contributed by atoms with Crippen LogP contribution in [0.5, 0.6) is 0 Å². The summed E-state index contributed by atoms with van der Waals surface area (Å²) in [5, 5.41) is 0. The molecule has 4 atom stereocenters. The Hall–Kier alpha value is -1.10. The maximum absolute atomic E-state index is 12.0. The highest BCUT2D eigenvalue weighted by Gasteiger charge is 2.72. The van der Waals surface area contributed by atoms with Gasteiger partial charge in [0.25, 0.3) is 0 Å². The molecule has 0 spiro atoms. The van der Waals surface area contributed by atoms with Gasteiger partial charge < -0.3 is 14.2 Å². The Bertz CT molecular complexity index is 465. The van der Waals surface area contributed by atoms with E-state index in [1.807, 2.05) is 27.7 Å². The molecular formula is C15H22O5. The highest BCUT2D eigenvalue weighted by molar-refractivity contribution is 5.81. The van der Waals surface area contributed by atoms with E-state index >= 15 is 0 Å². The van der Waals surface area contributed by atoms with Crippen LogP contribution in [0.25, 0.3) is 0 Å². The zero-order valence-electron chi connectivity index (χ0n) is 12.5. The number of carbonyl (C=O) groups excluding carboxylic acids is 2. The van der Waals surface area contributed by atoms with Crippen LogP contribution >= 0.6 is 0 Å². The third-order valence-corrected chi connectivity index (χ3v) is 5.12. The van der Waals surface area contributed by atoms with Crippen LogP contribution in [0.1, 0.15) is 40.5 Å². The summed E-state index contributed by atoms with van der Waals surface area (Å²) in [6.45, 7) is 7.99. The second-order valence-corrected chi connectivity index (χ2v) is 7.47. The lowest BCUT2D eigenvalue weighted by Gasteiger charge is -2.34. The summed E-state index contributed by atoms with van der Waals surface area (Å²) in [5.41, 5.74) is -1.63. The SMILES string of the molecule is CC(C)(C)C(=O)OC[C@@]12CC[C@@H](O1)[C@@]1(C)C(=O)OC[C@H]21. The molecule has 3 fully saturated rings. The molecule has 0 N–H and O–H groups in total. The van der Waals surface area contributed by atoms with E-state index in [2.05, 4.69) is 0 Å². The van der Waals surface area contributed by atoms with E-state index in [-0.39, 0.29) is 30.6 Å². The Morgan fingerprint density at radius 1 is 1.45 bits per heavy atom. The minimum absolute atomic E-state index is 0.00554. The van der Waals surface area contributed by atoms with Crippen LogP contribution in [0, 0.1) is 16.7 Å². The van der Waals surface area contributed by atoms with Gasteiger partial charge in [0.1, 0.15) is 17.6 Å². The molecule has 20 heavy (non-hydrogen) atoms. The van der Waals surface area contributed by atoms with Gasteiger partial charge in [0.2, 0.25) is 0 Å². The highest BCUT2D eigenvalue weighted by atomic mass is 16.6. The third kappa shape index (κ3) is 1.65. The predicted octanol–water partition coefficient (Wildman–Crippen LogP) is 1.69. The van der Waals surface area contributed by atoms with Crippen molar-refractivity contribution in [1.29, 1.82) is 0 Å². The average Bonchev–Trinajstić information content (AvgIpc) is 2.97. The van der Waals surface area contributed by atoms with Crippen molar-refractivity contribution in [2.24, 2.45) is 16.7 Å². The summed E-state index contributed by atoms with van der Waals surface area (Å²) in [6.07, 6.45) is 1.55. The van der Waals surface area contributed by atoms with Crippen LogP contribution < -0.4 is 0 Å². The Morgan fingerprint density at radius 3 is 2.80 bits per heavy atom. The zero-order chi connectivity index (χ0) is 14.8. The van der Waals surface area contributed by atoms with Gasteiger partial charge in [-0.3, -0.25) is 9.59 Å². The molecule has 3 heterocycles. The largest absolute Gasteiger partial charge is 0.465 e. The van der Waals surface area contributed by atoms with E-state index in [0.717, 1.165) is 12.8 Å². The van der Waals surface area contributed by atoms with Crippen LogP contribution in [-0.4, -0.2) is 36.9 Å². The van der Waals surface area contributed by atoms with Crippen molar-refractivity contribution < 1.29 is 23.8 Å². The van der Waals surface area contributed by atoms with E-state index in [4.69, 9.17) is 14.2 Å². The van der Waals surface area contributed by atoms with Crippen LogP contribution in [0.4, 0.5) is 0 Å². The van der Waals surface area contributed by atoms with Crippen molar-refractivity contribution >= 4 is 11.9 Å². The van der Waals surface area contributed by atoms with Gasteiger partial charge in [0.15, 0.2) is 0 Å². The van der Waals surface area contributed by atoms with Gasteiger partial charge in [-0.25, -0.2) is 0 Å². The molecule has 3 aliphatic heterocycles. The molecule has 3 saturated heterocycles. The summed E-state index contributed by atoms with van der Waals surface area (Å²) in [7, 11) is 0. The van der Waals surface area contributed by atoms with Crippen molar-refractivity contribution in [3.63, 3.8) is 0 Å². The molecule has 0 radical (unpaired) electrons. The van der Waals surface area contributed by atoms with E-state index in [1.54, 1.807) is 0 Å². The minimum atomic E-state index is -0.563. The lowest BCUT2D eigenvalue weighted by atomic mass is 9.64. The number of carbonyl (C=O) groups is 2. The lowest BCUT2D eigenvalue weighted by Crippen LogP contribution is -2.47. The van der Waals surface area contributed by atoms with Crippen molar-refractivity contribution in [3.8, 4) is 0 Å². The molecular weight excluding hydrogens is 260 g/mol. The molecule has 112 valence electrons. The van der Waals surface area contributed by atoms with Gasteiger partial charge >= 0.3 is 11.9 Å². The summed E-state index contributed by atoms with van der Waals surface area (Å²) >= 11 is 0. The van der Waals surface area contributed by atoms with Gasteiger partial charge in [-0.1, -0.05) is 0 Å². The molecule has 3 rings (SSSR count). The number of ether oxygens (including phenoxy) is 3. The van der Waals surface area contributed by atoms with Gasteiger partial charge in [-0.15, -0.1) is 0 Å². The summed E-state index contributed by atoms with van der Waals surface area (Å²) in [6, 6.07) is 0. The fraction of sp³-hybridized carbons (Fsp3) is 0.867. The smallest absolute Gasteiger partial charge is 0.314 e. The molecule has 3 aliphatic rings. The molecule has 0 saturated carbocycles. The van der Waals surface area contributed by atoms with E-state index in [0.29, 0.717) is 6.61 Å². The number of rotatable bonds is 2. The lowest BCUT2D eigenvalue weighted by molar-refractivity contribution is -0.164. The van der Waals surface area contributed by atoms with Crippen LogP contribution in [0.2, 0.25) is 0 Å². The fourth-order valence-electron chi connectivity index (χ4n) is 3.75. The third-order valence-electron chi connectivity index (χ3n) is 5.12. The summed E-state index contributed by atoms with van der Waals surface area (Å²) in [4.78, 5) is 24.0. The minimum Gasteiger partial charge on any atom is -0.465 e. The molecule has 0 aliphatic carbocycles. The second-order valence-electron chi connectivity index (χ2n) is 7.47. The summed E-state index contributed by atoms with van der Waals surface area (Å²) < 4.78 is 16.8. The average molecular weight is 282 g/mol. The second kappa shape index (κ2) is 3.97. The molecule has 0 unspecified atom stereocenters. The van der Waals surface area contributed by atoms with Gasteiger partial charge in [0, 0.05) is 5.92 Å². The van der Waals surface area contributed by atoms with Crippen LogP contribution in [-0.2, 0) is 23.8 Å². The molecule has 2 bridgehead atoms. The maximum atomic E-state index is 12.0. The molecule has 5 heteroatoms. The standard InChI is InChI=1S/C15H22O5/c1-13(2,3)11(16)19-8-15-6-5-10(20-15)14(4)9(15)7-18-12(14)17/h9-10H,5-8H2,1-4H3/t9-,10+,14-,15+/m0/s1. The first-order valence-electron chi connectivity index (χ1n) is 7.22. The Kier molecular flexibility index (Phi) is 2.75. The Balaban J connectivity index is 1.77. The van der Waals surface area contributed by atoms with Gasteiger partial charge in [0.05, 0.1) is 18.1 Å². The van der Waals surface area contributed by atoms with E-state index < -0.39 is 16.4 Å². The Morgan fingerprint density at radius 2 is 2.15 bits per heavy atom. The van der Waals surface area contributed by atoms with Crippen molar-refractivity contribution in [2.75, 3.05) is 13.2 Å². The fourth-order valence-corrected chi connectivity index (χ4v) is 3.75. The molecule has 0 aromatic heterocycles. The van der Waals surface area contributed by atoms with Crippen LogP contribution in [0.3, 0.4) is 0 Å². The monoisotopic (exact) mass is 282 g/mol.